The molecule has 1 amide bonds. The molecule has 1 saturated carbocycles. The van der Waals surface area contributed by atoms with Crippen LogP contribution < -0.4 is 4.74 Å². The summed E-state index contributed by atoms with van der Waals surface area (Å²) in [7, 11) is 3.39. The highest BCUT2D eigenvalue weighted by Gasteiger charge is 2.32. The van der Waals surface area contributed by atoms with Gasteiger partial charge in [-0.15, -0.1) is 0 Å². The Balaban J connectivity index is 1.94. The Kier molecular flexibility index (Phi) is 5.41. The van der Waals surface area contributed by atoms with Gasteiger partial charge in [-0.2, -0.15) is 0 Å². The zero-order valence-electron chi connectivity index (χ0n) is 13.1. The second kappa shape index (κ2) is 7.29. The Bertz CT molecular complexity index is 526. The van der Waals surface area contributed by atoms with Crippen LogP contribution >= 0.6 is 0 Å². The third-order valence-corrected chi connectivity index (χ3v) is 4.33. The SMILES string of the molecule is COc1ccc(CN(C)C(=O)C2CCCC(C(=O)O)C2)cc1. The maximum Gasteiger partial charge on any atom is 0.306 e. The van der Waals surface area contributed by atoms with Crippen molar-refractivity contribution < 1.29 is 19.4 Å². The molecule has 2 unspecified atom stereocenters. The molecule has 1 aromatic rings. The molecule has 120 valence electrons. The third kappa shape index (κ3) is 4.00. The Morgan fingerprint density at radius 1 is 1.23 bits per heavy atom. The summed E-state index contributed by atoms with van der Waals surface area (Å²) >= 11 is 0. The number of amides is 1. The standard InChI is InChI=1S/C17H23NO4/c1-18(11-12-6-8-15(22-2)9-7-12)16(19)13-4-3-5-14(10-13)17(20)21/h6-9,13-14H,3-5,10-11H2,1-2H3,(H,20,21). The molecule has 5 nitrogen and oxygen atoms in total. The van der Waals surface area contributed by atoms with Crippen LogP contribution in [-0.4, -0.2) is 36.0 Å². The number of benzene rings is 1. The van der Waals surface area contributed by atoms with Crippen molar-refractivity contribution in [1.82, 2.24) is 4.90 Å². The Hall–Kier alpha value is -2.04. The molecule has 0 saturated heterocycles. The number of carbonyl (C=O) groups excluding carboxylic acids is 1. The van der Waals surface area contributed by atoms with Crippen molar-refractivity contribution in [1.29, 1.82) is 0 Å². The number of hydrogen-bond donors (Lipinski definition) is 1. The van der Waals surface area contributed by atoms with E-state index in [-0.39, 0.29) is 17.7 Å². The van der Waals surface area contributed by atoms with Crippen molar-refractivity contribution >= 4 is 11.9 Å². The molecule has 1 aliphatic carbocycles. The number of carbonyl (C=O) groups is 2. The van der Waals surface area contributed by atoms with E-state index in [2.05, 4.69) is 0 Å². The van der Waals surface area contributed by atoms with Gasteiger partial charge in [0.1, 0.15) is 5.75 Å². The molecule has 0 bridgehead atoms. The monoisotopic (exact) mass is 305 g/mol. The predicted octanol–water partition coefficient (Wildman–Crippen LogP) is 2.54. The lowest BCUT2D eigenvalue weighted by Gasteiger charge is -2.29. The fraction of sp³-hybridized carbons (Fsp3) is 0.529. The van der Waals surface area contributed by atoms with E-state index < -0.39 is 5.97 Å². The minimum Gasteiger partial charge on any atom is -0.497 e. The van der Waals surface area contributed by atoms with Crippen molar-refractivity contribution in [2.24, 2.45) is 11.8 Å². The van der Waals surface area contributed by atoms with Crippen LogP contribution in [0.4, 0.5) is 0 Å². The minimum absolute atomic E-state index is 0.0433. The van der Waals surface area contributed by atoms with Crippen LogP contribution in [0.2, 0.25) is 0 Å². The van der Waals surface area contributed by atoms with Crippen molar-refractivity contribution in [3.8, 4) is 5.75 Å². The lowest BCUT2D eigenvalue weighted by atomic mass is 9.81. The van der Waals surface area contributed by atoms with Crippen LogP contribution in [0.5, 0.6) is 5.75 Å². The lowest BCUT2D eigenvalue weighted by Crippen LogP contribution is -2.36. The number of hydrogen-bond acceptors (Lipinski definition) is 3. The first-order valence-corrected chi connectivity index (χ1v) is 7.62. The van der Waals surface area contributed by atoms with Crippen LogP contribution in [0.25, 0.3) is 0 Å². The summed E-state index contributed by atoms with van der Waals surface area (Å²) in [5.41, 5.74) is 1.03. The number of methoxy groups -OCH3 is 1. The van der Waals surface area contributed by atoms with E-state index in [0.717, 1.165) is 24.2 Å². The summed E-state index contributed by atoms with van der Waals surface area (Å²) in [5, 5.41) is 9.12. The van der Waals surface area contributed by atoms with Crippen LogP contribution in [-0.2, 0) is 16.1 Å². The van der Waals surface area contributed by atoms with Crippen LogP contribution in [0, 0.1) is 11.8 Å². The van der Waals surface area contributed by atoms with E-state index in [1.165, 1.54) is 0 Å². The summed E-state index contributed by atoms with van der Waals surface area (Å²) in [4.78, 5) is 25.3. The van der Waals surface area contributed by atoms with Gasteiger partial charge in [0.25, 0.3) is 0 Å². The van der Waals surface area contributed by atoms with Crippen molar-refractivity contribution in [2.45, 2.75) is 32.2 Å². The molecule has 1 aromatic carbocycles. The molecular formula is C17H23NO4. The zero-order valence-corrected chi connectivity index (χ0v) is 13.1. The van der Waals surface area contributed by atoms with Crippen molar-refractivity contribution in [3.63, 3.8) is 0 Å². The van der Waals surface area contributed by atoms with Gasteiger partial charge in [0.15, 0.2) is 0 Å². The normalized spacial score (nSPS) is 21.2. The van der Waals surface area contributed by atoms with E-state index in [9.17, 15) is 9.59 Å². The van der Waals surface area contributed by atoms with Crippen LogP contribution in [0.15, 0.2) is 24.3 Å². The lowest BCUT2D eigenvalue weighted by molar-refractivity contribution is -0.145. The van der Waals surface area contributed by atoms with Crippen LogP contribution in [0.3, 0.4) is 0 Å². The maximum absolute atomic E-state index is 12.5. The Morgan fingerprint density at radius 3 is 2.45 bits per heavy atom. The van der Waals surface area contributed by atoms with Gasteiger partial charge in [0.05, 0.1) is 13.0 Å². The topological polar surface area (TPSA) is 66.8 Å². The molecule has 22 heavy (non-hydrogen) atoms. The van der Waals surface area contributed by atoms with Gasteiger partial charge in [0, 0.05) is 19.5 Å². The number of ether oxygens (including phenoxy) is 1. The van der Waals surface area contributed by atoms with Gasteiger partial charge in [-0.25, -0.2) is 0 Å². The van der Waals surface area contributed by atoms with Crippen molar-refractivity contribution in [2.75, 3.05) is 14.2 Å². The summed E-state index contributed by atoms with van der Waals surface area (Å²) in [5.74, 6) is -0.499. The molecule has 1 N–H and O–H groups in total. The molecule has 2 atom stereocenters. The van der Waals surface area contributed by atoms with Crippen LogP contribution in [0.1, 0.15) is 31.2 Å². The number of rotatable bonds is 5. The highest BCUT2D eigenvalue weighted by molar-refractivity contribution is 5.80. The number of nitrogens with zero attached hydrogens (tertiary/aromatic N) is 1. The van der Waals surface area contributed by atoms with Gasteiger partial charge in [-0.1, -0.05) is 18.6 Å². The van der Waals surface area contributed by atoms with E-state index in [1.54, 1.807) is 19.1 Å². The average molecular weight is 305 g/mol. The first kappa shape index (κ1) is 16.3. The van der Waals surface area contributed by atoms with Gasteiger partial charge in [-0.05, 0) is 37.0 Å². The predicted molar refractivity (Wildman–Crippen MR) is 82.6 cm³/mol. The van der Waals surface area contributed by atoms with Gasteiger partial charge in [-0.3, -0.25) is 9.59 Å². The molecule has 2 rings (SSSR count). The first-order valence-electron chi connectivity index (χ1n) is 7.62. The number of carboxylic acids is 1. The molecule has 0 aromatic heterocycles. The molecule has 0 radical (unpaired) electrons. The average Bonchev–Trinajstić information content (AvgIpc) is 2.54. The minimum atomic E-state index is -0.782. The summed E-state index contributed by atoms with van der Waals surface area (Å²) in [6.07, 6.45) is 2.74. The fourth-order valence-electron chi connectivity index (χ4n) is 3.03. The highest BCUT2D eigenvalue weighted by Crippen LogP contribution is 2.30. The second-order valence-corrected chi connectivity index (χ2v) is 5.94. The number of carboxylic acid groups (broad SMARTS) is 1. The van der Waals surface area contributed by atoms with Gasteiger partial charge >= 0.3 is 5.97 Å². The zero-order chi connectivity index (χ0) is 16.1. The molecule has 1 aliphatic rings. The molecule has 5 heteroatoms. The molecule has 0 aliphatic heterocycles. The first-order chi connectivity index (χ1) is 10.5. The molecular weight excluding hydrogens is 282 g/mol. The van der Waals surface area contributed by atoms with E-state index >= 15 is 0 Å². The summed E-state index contributed by atoms with van der Waals surface area (Å²) < 4.78 is 5.11. The number of aliphatic carboxylic acids is 1. The van der Waals surface area contributed by atoms with Crippen molar-refractivity contribution in [3.05, 3.63) is 29.8 Å². The molecule has 1 fully saturated rings. The van der Waals surface area contributed by atoms with E-state index in [1.807, 2.05) is 24.3 Å². The summed E-state index contributed by atoms with van der Waals surface area (Å²) in [6, 6.07) is 7.61. The Morgan fingerprint density at radius 2 is 1.86 bits per heavy atom. The molecule has 0 heterocycles. The highest BCUT2D eigenvalue weighted by atomic mass is 16.5. The maximum atomic E-state index is 12.5. The smallest absolute Gasteiger partial charge is 0.306 e. The van der Waals surface area contributed by atoms with Gasteiger partial charge in [0.2, 0.25) is 5.91 Å². The quantitative estimate of drug-likeness (QED) is 0.908. The van der Waals surface area contributed by atoms with Gasteiger partial charge < -0.3 is 14.7 Å². The fourth-order valence-corrected chi connectivity index (χ4v) is 3.03. The molecule has 0 spiro atoms. The Labute approximate surface area is 130 Å². The largest absolute Gasteiger partial charge is 0.497 e. The van der Waals surface area contributed by atoms with E-state index in [0.29, 0.717) is 19.4 Å². The van der Waals surface area contributed by atoms with E-state index in [4.69, 9.17) is 9.84 Å². The third-order valence-electron chi connectivity index (χ3n) is 4.33. The second-order valence-electron chi connectivity index (χ2n) is 5.94. The summed E-state index contributed by atoms with van der Waals surface area (Å²) in [6.45, 7) is 0.525.